The molecular weight excluding hydrogens is 596 g/mol. The van der Waals surface area contributed by atoms with E-state index in [2.05, 4.69) is 33.1 Å². The van der Waals surface area contributed by atoms with Gasteiger partial charge in [0.2, 0.25) is 0 Å². The Bertz CT molecular complexity index is 1670. The molecule has 0 aromatic heterocycles. The number of allylic oxidation sites excluding steroid dienone is 2. The first-order valence-electron chi connectivity index (χ1n) is 15.4. The Morgan fingerprint density at radius 3 is 2.30 bits per heavy atom. The fourth-order valence-electron chi connectivity index (χ4n) is 5.24. The van der Waals surface area contributed by atoms with Crippen molar-refractivity contribution < 1.29 is 19.5 Å². The highest BCUT2D eigenvalue weighted by molar-refractivity contribution is 8.00. The van der Waals surface area contributed by atoms with E-state index in [-0.39, 0.29) is 31.4 Å². The molecule has 0 spiro atoms. The quantitative estimate of drug-likeness (QED) is 0.136. The van der Waals surface area contributed by atoms with Gasteiger partial charge >= 0.3 is 12.0 Å². The van der Waals surface area contributed by atoms with Crippen molar-refractivity contribution in [2.24, 2.45) is 0 Å². The number of rotatable bonds is 12. The minimum atomic E-state index is -0.970. The Morgan fingerprint density at radius 2 is 1.61 bits per heavy atom. The third-order valence-corrected chi connectivity index (χ3v) is 8.66. The van der Waals surface area contributed by atoms with Gasteiger partial charge in [-0.15, -0.1) is 0 Å². The molecule has 0 fully saturated rings. The van der Waals surface area contributed by atoms with Gasteiger partial charge in [0, 0.05) is 41.1 Å². The van der Waals surface area contributed by atoms with Crippen LogP contribution in [0.2, 0.25) is 0 Å². The zero-order valence-electron chi connectivity index (χ0n) is 25.8. The maximum absolute atomic E-state index is 13.9. The van der Waals surface area contributed by atoms with E-state index in [1.54, 1.807) is 29.0 Å². The summed E-state index contributed by atoms with van der Waals surface area (Å²) in [5.41, 5.74) is 6.29. The lowest BCUT2D eigenvalue weighted by Gasteiger charge is -2.24. The van der Waals surface area contributed by atoms with Crippen LogP contribution < -0.4 is 19.8 Å². The Kier molecular flexibility index (Phi) is 11.1. The summed E-state index contributed by atoms with van der Waals surface area (Å²) < 4.78 is 2.08. The molecule has 4 aromatic carbocycles. The van der Waals surface area contributed by atoms with Crippen LogP contribution in [-0.2, 0) is 11.3 Å². The lowest BCUT2D eigenvalue weighted by atomic mass is 9.93. The summed E-state index contributed by atoms with van der Waals surface area (Å²) in [6, 6.07) is 32.7. The summed E-state index contributed by atoms with van der Waals surface area (Å²) >= 11 is 1.57. The molecule has 236 valence electrons. The minimum Gasteiger partial charge on any atom is -0.481 e. The molecule has 3 amide bonds. The number of benzene rings is 4. The van der Waals surface area contributed by atoms with Crippen LogP contribution in [0.15, 0.2) is 114 Å². The van der Waals surface area contributed by atoms with Crippen molar-refractivity contribution >= 4 is 52.5 Å². The van der Waals surface area contributed by atoms with Gasteiger partial charge in [0.25, 0.3) is 5.91 Å². The molecule has 0 aliphatic heterocycles. The predicted octanol–water partition coefficient (Wildman–Crippen LogP) is 8.23. The summed E-state index contributed by atoms with van der Waals surface area (Å²) in [7, 11) is 2.00. The monoisotopic (exact) mass is 634 g/mol. The van der Waals surface area contributed by atoms with Gasteiger partial charge in [0.15, 0.2) is 0 Å². The van der Waals surface area contributed by atoms with Crippen LogP contribution in [0.4, 0.5) is 21.9 Å². The second-order valence-corrected chi connectivity index (χ2v) is 12.3. The van der Waals surface area contributed by atoms with E-state index >= 15 is 0 Å². The molecule has 5 rings (SSSR count). The molecule has 0 saturated carbocycles. The number of anilines is 3. The van der Waals surface area contributed by atoms with Crippen molar-refractivity contribution in [1.82, 2.24) is 5.32 Å². The summed E-state index contributed by atoms with van der Waals surface area (Å²) in [5, 5.41) is 14.5. The fraction of sp³-hybridized carbons (Fsp3) is 0.216. The molecule has 0 radical (unpaired) electrons. The van der Waals surface area contributed by atoms with Gasteiger partial charge in [0.1, 0.15) is 0 Å². The van der Waals surface area contributed by atoms with Gasteiger partial charge in [-0.1, -0.05) is 54.6 Å². The largest absolute Gasteiger partial charge is 0.481 e. The van der Waals surface area contributed by atoms with Crippen LogP contribution in [0.25, 0.3) is 5.57 Å². The summed E-state index contributed by atoms with van der Waals surface area (Å²) in [5.74, 6) is -1.31. The maximum Gasteiger partial charge on any atom is 0.326 e. The van der Waals surface area contributed by atoms with E-state index in [4.69, 9.17) is 5.11 Å². The first-order chi connectivity index (χ1) is 22.4. The van der Waals surface area contributed by atoms with Crippen molar-refractivity contribution in [3.8, 4) is 0 Å². The van der Waals surface area contributed by atoms with E-state index < -0.39 is 5.97 Å². The lowest BCUT2D eigenvalue weighted by molar-refractivity contribution is -0.136. The molecule has 0 heterocycles. The molecular formula is C37H38N4O4S. The molecule has 0 atom stereocenters. The standard InChI is InChI=1S/C37H38N4O4S/c1-40(32-12-6-3-7-13-32)46-34-14-8-11-31(25-34)39-37(45)41(33-21-19-29(20-22-33)28-9-4-2-5-10-28)26-27-15-17-30(18-16-27)36(44)38-24-23-35(42)43/h3,6-9,11-22,25H,2,4-5,10,23-24,26H2,1H3,(H,38,44)(H,39,45)(H,42,43). The normalized spacial score (nSPS) is 12.5. The van der Waals surface area contributed by atoms with Crippen LogP contribution in [0.1, 0.15) is 53.6 Å². The first kappa shape index (κ1) is 32.4. The number of nitrogens with zero attached hydrogens (tertiary/aromatic N) is 2. The van der Waals surface area contributed by atoms with Gasteiger partial charge in [-0.2, -0.15) is 0 Å². The first-order valence-corrected chi connectivity index (χ1v) is 16.2. The molecule has 46 heavy (non-hydrogen) atoms. The second kappa shape index (κ2) is 15.8. The Balaban J connectivity index is 1.33. The topological polar surface area (TPSA) is 102 Å². The third kappa shape index (κ3) is 9.01. The van der Waals surface area contributed by atoms with Crippen molar-refractivity contribution in [2.45, 2.75) is 43.5 Å². The lowest BCUT2D eigenvalue weighted by Crippen LogP contribution is -2.34. The summed E-state index contributed by atoms with van der Waals surface area (Å²) in [4.78, 5) is 39.8. The number of carboxylic acid groups (broad SMARTS) is 1. The van der Waals surface area contributed by atoms with Crippen LogP contribution in [0, 0.1) is 0 Å². The zero-order chi connectivity index (χ0) is 32.3. The maximum atomic E-state index is 13.9. The Hall–Kier alpha value is -5.02. The number of aliphatic carboxylic acids is 1. The van der Waals surface area contributed by atoms with Crippen LogP contribution >= 0.6 is 11.9 Å². The number of hydrogen-bond donors (Lipinski definition) is 3. The number of nitrogens with one attached hydrogen (secondary N) is 2. The number of urea groups is 1. The summed E-state index contributed by atoms with van der Waals surface area (Å²) in [6.07, 6.45) is 6.73. The van der Waals surface area contributed by atoms with Crippen molar-refractivity contribution in [1.29, 1.82) is 0 Å². The van der Waals surface area contributed by atoms with Crippen LogP contribution in [0.5, 0.6) is 0 Å². The molecule has 1 aliphatic rings. The highest BCUT2D eigenvalue weighted by Crippen LogP contribution is 2.31. The summed E-state index contributed by atoms with van der Waals surface area (Å²) in [6.45, 7) is 0.332. The molecule has 9 heteroatoms. The van der Waals surface area contributed by atoms with E-state index in [1.807, 2.05) is 85.9 Å². The van der Waals surface area contributed by atoms with Gasteiger partial charge in [-0.05, 0) is 109 Å². The van der Waals surface area contributed by atoms with Gasteiger partial charge in [-0.3, -0.25) is 14.5 Å². The smallest absolute Gasteiger partial charge is 0.326 e. The van der Waals surface area contributed by atoms with Gasteiger partial charge < -0.3 is 20.0 Å². The number of carboxylic acids is 1. The Morgan fingerprint density at radius 1 is 0.848 bits per heavy atom. The van der Waals surface area contributed by atoms with Gasteiger partial charge in [0.05, 0.1) is 13.0 Å². The number of para-hydroxylation sites is 1. The third-order valence-electron chi connectivity index (χ3n) is 7.71. The molecule has 4 aromatic rings. The average molecular weight is 635 g/mol. The van der Waals surface area contributed by atoms with E-state index in [0.29, 0.717) is 11.3 Å². The van der Waals surface area contributed by atoms with E-state index in [1.165, 1.54) is 24.0 Å². The van der Waals surface area contributed by atoms with Crippen molar-refractivity contribution in [2.75, 3.05) is 28.1 Å². The number of amides is 3. The molecule has 0 bridgehead atoms. The average Bonchev–Trinajstić information content (AvgIpc) is 3.08. The SMILES string of the molecule is CN(Sc1cccc(NC(=O)N(Cc2ccc(C(=O)NCCC(=O)O)cc2)c2ccc(C3=CCCCC3)cc2)c1)c1ccccc1. The zero-order valence-corrected chi connectivity index (χ0v) is 26.6. The van der Waals surface area contributed by atoms with E-state index in [9.17, 15) is 14.4 Å². The molecule has 0 unspecified atom stereocenters. The highest BCUT2D eigenvalue weighted by Gasteiger charge is 2.18. The fourth-order valence-corrected chi connectivity index (χ4v) is 6.10. The second-order valence-electron chi connectivity index (χ2n) is 11.1. The number of carbonyl (C=O) groups excluding carboxylic acids is 2. The van der Waals surface area contributed by atoms with Crippen molar-refractivity contribution in [3.05, 3.63) is 126 Å². The molecule has 3 N–H and O–H groups in total. The van der Waals surface area contributed by atoms with Crippen LogP contribution in [0.3, 0.4) is 0 Å². The molecule has 0 saturated heterocycles. The number of hydrogen-bond acceptors (Lipinski definition) is 5. The predicted molar refractivity (Wildman–Crippen MR) is 186 cm³/mol. The Labute approximate surface area is 274 Å². The van der Waals surface area contributed by atoms with E-state index in [0.717, 1.165) is 34.7 Å². The minimum absolute atomic E-state index is 0.0546. The van der Waals surface area contributed by atoms with Crippen LogP contribution in [-0.4, -0.2) is 36.6 Å². The highest BCUT2D eigenvalue weighted by atomic mass is 32.2. The van der Waals surface area contributed by atoms with Crippen molar-refractivity contribution in [3.63, 3.8) is 0 Å². The molecule has 8 nitrogen and oxygen atoms in total. The van der Waals surface area contributed by atoms with Gasteiger partial charge in [-0.25, -0.2) is 4.79 Å². The molecule has 1 aliphatic carbocycles. The number of carbonyl (C=O) groups is 3.